The summed E-state index contributed by atoms with van der Waals surface area (Å²) in [6.07, 6.45) is 0. The maximum atomic E-state index is 11.5. The highest BCUT2D eigenvalue weighted by atomic mass is 32.1. The third kappa shape index (κ3) is 5.83. The molecule has 0 spiro atoms. The maximum absolute atomic E-state index is 11.5. The second kappa shape index (κ2) is 11.7. The van der Waals surface area contributed by atoms with Gasteiger partial charge >= 0.3 is 5.97 Å². The largest absolute Gasteiger partial charge is 0.493 e. The van der Waals surface area contributed by atoms with Gasteiger partial charge in [-0.3, -0.25) is 5.32 Å². The van der Waals surface area contributed by atoms with Crippen molar-refractivity contribution in [1.29, 1.82) is 0 Å². The lowest BCUT2D eigenvalue weighted by molar-refractivity contribution is 0.0701. The summed E-state index contributed by atoms with van der Waals surface area (Å²) in [6, 6.07) is 3.77. The van der Waals surface area contributed by atoms with Crippen LogP contribution in [0.5, 0.6) is 17.2 Å². The van der Waals surface area contributed by atoms with Crippen molar-refractivity contribution in [3.05, 3.63) is 33.8 Å². The zero-order valence-corrected chi connectivity index (χ0v) is 23.2. The molecule has 0 saturated carbocycles. The Morgan fingerprint density at radius 2 is 1.68 bits per heavy atom. The molecule has 1 aliphatic rings. The van der Waals surface area contributed by atoms with E-state index in [1.165, 1.54) is 0 Å². The number of carboxylic acids is 1. The summed E-state index contributed by atoms with van der Waals surface area (Å²) in [5, 5.41) is 16.4. The molecule has 3 N–H and O–H groups in total. The van der Waals surface area contributed by atoms with Crippen LogP contribution in [-0.4, -0.2) is 85.5 Å². The van der Waals surface area contributed by atoms with E-state index in [-0.39, 0.29) is 4.88 Å². The lowest BCUT2D eigenvalue weighted by atomic mass is 10.1. The highest BCUT2D eigenvalue weighted by molar-refractivity contribution is 7.17. The third-order valence-electron chi connectivity index (χ3n) is 6.32. The molecule has 38 heavy (non-hydrogen) atoms. The van der Waals surface area contributed by atoms with Crippen molar-refractivity contribution in [3.63, 3.8) is 0 Å². The maximum Gasteiger partial charge on any atom is 0.347 e. The van der Waals surface area contributed by atoms with Gasteiger partial charge in [-0.2, -0.15) is 9.97 Å². The molecule has 12 nitrogen and oxygen atoms in total. The first-order valence-corrected chi connectivity index (χ1v) is 12.9. The highest BCUT2D eigenvalue weighted by Gasteiger charge is 2.22. The first-order chi connectivity index (χ1) is 18.2. The summed E-state index contributed by atoms with van der Waals surface area (Å²) in [6.45, 7) is 7.61. The number of carboxylic acid groups (broad SMARTS) is 1. The van der Waals surface area contributed by atoms with Crippen molar-refractivity contribution in [2.45, 2.75) is 20.4 Å². The van der Waals surface area contributed by atoms with E-state index in [0.29, 0.717) is 46.4 Å². The van der Waals surface area contributed by atoms with Crippen LogP contribution in [0.3, 0.4) is 0 Å². The minimum atomic E-state index is -1.01. The molecule has 0 amide bonds. The fraction of sp³-hybridized carbons (Fsp3) is 0.440. The van der Waals surface area contributed by atoms with Crippen LogP contribution in [0.4, 0.5) is 22.7 Å². The SMILES string of the molecule is COc1cc(CNc2nc(Nc3nc(C)c(C(=O)O)s3)nc(N3CCN(C)CC3)c2C)cc(OC)c1OC. The van der Waals surface area contributed by atoms with E-state index >= 15 is 0 Å². The van der Waals surface area contributed by atoms with Gasteiger partial charge in [0.05, 0.1) is 27.0 Å². The number of ether oxygens (including phenoxy) is 3. The van der Waals surface area contributed by atoms with Gasteiger partial charge in [0.25, 0.3) is 0 Å². The molecule has 0 atom stereocenters. The zero-order chi connectivity index (χ0) is 27.4. The van der Waals surface area contributed by atoms with E-state index < -0.39 is 5.97 Å². The number of aromatic carboxylic acids is 1. The fourth-order valence-corrected chi connectivity index (χ4v) is 5.03. The summed E-state index contributed by atoms with van der Waals surface area (Å²) in [4.78, 5) is 30.1. The number of aromatic nitrogens is 3. The standard InChI is InChI=1S/C25H33N7O5S/c1-14-21(26-13-16-11-17(35-4)19(37-6)18(12-16)36-5)28-24(29-22(14)32-9-7-31(3)8-10-32)30-25-27-15(2)20(38-25)23(33)34/h11-12H,7-10,13H2,1-6H3,(H,33,34)(H2,26,27,28,29,30). The third-order valence-corrected chi connectivity index (χ3v) is 7.38. The van der Waals surface area contributed by atoms with Crippen LogP contribution in [0.2, 0.25) is 0 Å². The number of thiazole rings is 1. The zero-order valence-electron chi connectivity index (χ0n) is 22.4. The van der Waals surface area contributed by atoms with Gasteiger partial charge in [-0.05, 0) is 38.6 Å². The molecule has 1 aromatic carbocycles. The number of methoxy groups -OCH3 is 3. The minimum Gasteiger partial charge on any atom is -0.493 e. The van der Waals surface area contributed by atoms with Crippen molar-refractivity contribution < 1.29 is 24.1 Å². The molecule has 1 aliphatic heterocycles. The number of hydrogen-bond acceptors (Lipinski definition) is 12. The Bertz CT molecular complexity index is 1280. The van der Waals surface area contributed by atoms with Gasteiger partial charge in [0, 0.05) is 38.3 Å². The number of nitrogens with zero attached hydrogens (tertiary/aromatic N) is 5. The molecule has 0 unspecified atom stereocenters. The molecular formula is C25H33N7O5S. The van der Waals surface area contributed by atoms with Crippen LogP contribution in [0.15, 0.2) is 12.1 Å². The van der Waals surface area contributed by atoms with Crippen molar-refractivity contribution in [1.82, 2.24) is 19.9 Å². The van der Waals surface area contributed by atoms with Crippen molar-refractivity contribution in [2.24, 2.45) is 0 Å². The molecule has 0 aliphatic carbocycles. The van der Waals surface area contributed by atoms with E-state index in [2.05, 4.69) is 32.5 Å². The van der Waals surface area contributed by atoms with Crippen LogP contribution >= 0.6 is 11.3 Å². The molecule has 0 radical (unpaired) electrons. The normalized spacial score (nSPS) is 13.8. The lowest BCUT2D eigenvalue weighted by Crippen LogP contribution is -2.45. The Hall–Kier alpha value is -3.84. The van der Waals surface area contributed by atoms with Crippen LogP contribution in [0.25, 0.3) is 0 Å². The Labute approximate surface area is 225 Å². The number of nitrogens with one attached hydrogen (secondary N) is 2. The topological polar surface area (TPSA) is 134 Å². The molecule has 1 saturated heterocycles. The first kappa shape index (κ1) is 27.2. The number of likely N-dealkylation sites (N-methyl/N-ethyl adjacent to an activating group) is 1. The summed E-state index contributed by atoms with van der Waals surface area (Å²) in [7, 11) is 6.84. The Morgan fingerprint density at radius 1 is 1.03 bits per heavy atom. The van der Waals surface area contributed by atoms with E-state index in [0.717, 1.165) is 54.5 Å². The number of aryl methyl sites for hydroxylation is 1. The predicted octanol–water partition coefficient (Wildman–Crippen LogP) is 3.38. The van der Waals surface area contributed by atoms with Crippen molar-refractivity contribution >= 4 is 40.0 Å². The number of rotatable bonds is 10. The van der Waals surface area contributed by atoms with Crippen LogP contribution in [0.1, 0.15) is 26.5 Å². The molecule has 1 fully saturated rings. The first-order valence-electron chi connectivity index (χ1n) is 12.1. The molecule has 2 aromatic heterocycles. The van der Waals surface area contributed by atoms with Crippen molar-refractivity contribution in [3.8, 4) is 17.2 Å². The number of carbonyl (C=O) groups is 1. The quantitative estimate of drug-likeness (QED) is 0.346. The predicted molar refractivity (Wildman–Crippen MR) is 147 cm³/mol. The average molecular weight is 544 g/mol. The highest BCUT2D eigenvalue weighted by Crippen LogP contribution is 2.38. The summed E-state index contributed by atoms with van der Waals surface area (Å²) in [5.41, 5.74) is 2.26. The molecule has 13 heteroatoms. The molecule has 0 bridgehead atoms. The second-order valence-electron chi connectivity index (χ2n) is 8.89. The second-order valence-corrected chi connectivity index (χ2v) is 9.88. The van der Waals surface area contributed by atoms with Gasteiger partial charge in [0.2, 0.25) is 11.7 Å². The molecule has 3 heterocycles. The Kier molecular flexibility index (Phi) is 8.37. The Morgan fingerprint density at radius 3 is 2.24 bits per heavy atom. The fourth-order valence-electron chi connectivity index (χ4n) is 4.23. The number of hydrogen-bond donors (Lipinski definition) is 3. The number of anilines is 4. The van der Waals surface area contributed by atoms with Gasteiger partial charge in [-0.25, -0.2) is 9.78 Å². The van der Waals surface area contributed by atoms with E-state index in [4.69, 9.17) is 24.2 Å². The molecular weight excluding hydrogens is 510 g/mol. The van der Waals surface area contributed by atoms with Gasteiger partial charge in [0.1, 0.15) is 16.5 Å². The van der Waals surface area contributed by atoms with Gasteiger partial charge in [-0.1, -0.05) is 11.3 Å². The van der Waals surface area contributed by atoms with E-state index in [1.54, 1.807) is 28.3 Å². The smallest absolute Gasteiger partial charge is 0.347 e. The van der Waals surface area contributed by atoms with E-state index in [9.17, 15) is 9.90 Å². The van der Waals surface area contributed by atoms with Crippen LogP contribution < -0.4 is 29.7 Å². The molecule has 4 rings (SSSR count). The van der Waals surface area contributed by atoms with Crippen LogP contribution in [-0.2, 0) is 6.54 Å². The summed E-state index contributed by atoms with van der Waals surface area (Å²) in [5.74, 6) is 2.45. The van der Waals surface area contributed by atoms with Crippen LogP contribution in [0, 0.1) is 13.8 Å². The monoisotopic (exact) mass is 543 g/mol. The Balaban J connectivity index is 1.66. The lowest BCUT2D eigenvalue weighted by Gasteiger charge is -2.34. The van der Waals surface area contributed by atoms with Crippen molar-refractivity contribution in [2.75, 3.05) is 70.1 Å². The van der Waals surface area contributed by atoms with E-state index in [1.807, 2.05) is 19.1 Å². The number of benzene rings is 1. The van der Waals surface area contributed by atoms with Gasteiger partial charge in [-0.15, -0.1) is 0 Å². The molecule has 204 valence electrons. The number of piperazine rings is 1. The average Bonchev–Trinajstić information content (AvgIpc) is 3.28. The molecule has 3 aromatic rings. The summed E-state index contributed by atoms with van der Waals surface area (Å²) < 4.78 is 16.4. The summed E-state index contributed by atoms with van der Waals surface area (Å²) >= 11 is 1.05. The minimum absolute atomic E-state index is 0.180. The van der Waals surface area contributed by atoms with Gasteiger partial charge < -0.3 is 34.4 Å². The van der Waals surface area contributed by atoms with Gasteiger partial charge in [0.15, 0.2) is 16.6 Å².